The summed E-state index contributed by atoms with van der Waals surface area (Å²) in [7, 11) is 1.56. The van der Waals surface area contributed by atoms with E-state index in [2.05, 4.69) is 50.4 Å². The second kappa shape index (κ2) is 11.8. The molecular weight excluding hydrogens is 502 g/mol. The van der Waals surface area contributed by atoms with Crippen molar-refractivity contribution in [3.8, 4) is 5.75 Å². The summed E-state index contributed by atoms with van der Waals surface area (Å²) >= 11 is 0. The number of H-pyrrole nitrogens is 1. The second-order valence-corrected chi connectivity index (χ2v) is 11.1. The minimum Gasteiger partial charge on any atom is -0.496 e. The van der Waals surface area contributed by atoms with E-state index in [1.54, 1.807) is 19.5 Å². The highest BCUT2D eigenvalue weighted by Gasteiger charge is 2.29. The lowest BCUT2D eigenvalue weighted by atomic mass is 9.89. The number of fused-ring (bicyclic) bond motifs is 1. The highest BCUT2D eigenvalue weighted by Crippen LogP contribution is 2.36. The van der Waals surface area contributed by atoms with Crippen molar-refractivity contribution in [3.05, 3.63) is 87.0 Å². The number of carbonyl (C=O) groups excluding carboxylic acids is 1. The van der Waals surface area contributed by atoms with E-state index in [9.17, 15) is 9.59 Å². The van der Waals surface area contributed by atoms with Crippen molar-refractivity contribution in [1.82, 2.24) is 24.4 Å². The Hall–Kier alpha value is -3.78. The van der Waals surface area contributed by atoms with Crippen molar-refractivity contribution in [2.75, 3.05) is 20.2 Å². The fourth-order valence-electron chi connectivity index (χ4n) is 6.37. The molecule has 8 nitrogen and oxygen atoms in total. The summed E-state index contributed by atoms with van der Waals surface area (Å²) in [6, 6.07) is 12.3. The number of aromatic nitrogens is 4. The fraction of sp³-hybridized carbons (Fsp3) is 0.438. The van der Waals surface area contributed by atoms with Crippen LogP contribution in [0, 0.1) is 26.7 Å². The van der Waals surface area contributed by atoms with Crippen LogP contribution in [-0.2, 0) is 13.0 Å². The number of hydrogen-bond donors (Lipinski definition) is 1. The molecule has 40 heavy (non-hydrogen) atoms. The van der Waals surface area contributed by atoms with Gasteiger partial charge in [0.2, 0.25) is 0 Å². The van der Waals surface area contributed by atoms with Crippen LogP contribution in [0.2, 0.25) is 0 Å². The number of pyridine rings is 1. The van der Waals surface area contributed by atoms with E-state index in [0.717, 1.165) is 71.7 Å². The van der Waals surface area contributed by atoms with E-state index in [0.29, 0.717) is 23.7 Å². The molecule has 0 aliphatic carbocycles. The Morgan fingerprint density at radius 1 is 1.12 bits per heavy atom. The number of methoxy groups -OCH3 is 1. The smallest absolute Gasteiger partial charge is 0.255 e. The molecule has 0 radical (unpaired) electrons. The third kappa shape index (κ3) is 5.59. The minimum absolute atomic E-state index is 0.0524. The van der Waals surface area contributed by atoms with Crippen molar-refractivity contribution in [2.24, 2.45) is 5.92 Å². The number of rotatable bonds is 9. The number of Topliss-reactive ketones (excluding diaryl/α,β-unsaturated/α-hetero) is 1. The summed E-state index contributed by atoms with van der Waals surface area (Å²) < 4.78 is 7.81. The fourth-order valence-corrected chi connectivity index (χ4v) is 6.37. The second-order valence-electron chi connectivity index (χ2n) is 11.1. The number of ether oxygens (including phenoxy) is 1. The first-order valence-electron chi connectivity index (χ1n) is 14.2. The van der Waals surface area contributed by atoms with Gasteiger partial charge in [-0.05, 0) is 84.2 Å². The predicted octanol–water partition coefficient (Wildman–Crippen LogP) is 5.34. The number of hydrogen-bond acceptors (Lipinski definition) is 6. The van der Waals surface area contributed by atoms with Gasteiger partial charge in [0, 0.05) is 52.6 Å². The molecule has 0 spiro atoms. The van der Waals surface area contributed by atoms with Gasteiger partial charge < -0.3 is 14.3 Å². The summed E-state index contributed by atoms with van der Waals surface area (Å²) in [6.45, 7) is 11.1. The molecule has 1 aliphatic rings. The molecule has 8 heteroatoms. The Balaban J connectivity index is 1.34. The Morgan fingerprint density at radius 3 is 2.60 bits per heavy atom. The van der Waals surface area contributed by atoms with Gasteiger partial charge >= 0.3 is 0 Å². The van der Waals surface area contributed by atoms with Crippen LogP contribution >= 0.6 is 0 Å². The van der Waals surface area contributed by atoms with Gasteiger partial charge in [-0.1, -0.05) is 18.2 Å². The third-order valence-corrected chi connectivity index (χ3v) is 8.45. The number of benzene rings is 1. The molecule has 4 heterocycles. The highest BCUT2D eigenvalue weighted by atomic mass is 16.5. The molecule has 0 bridgehead atoms. The molecule has 1 fully saturated rings. The van der Waals surface area contributed by atoms with Crippen molar-refractivity contribution < 1.29 is 9.53 Å². The van der Waals surface area contributed by atoms with Crippen LogP contribution in [0.1, 0.15) is 70.9 Å². The number of aryl methyl sites for hydroxylation is 2. The van der Waals surface area contributed by atoms with Crippen LogP contribution in [0.4, 0.5) is 0 Å². The quantitative estimate of drug-likeness (QED) is 0.288. The maximum atomic E-state index is 13.7. The molecule has 5 rings (SSSR count). The van der Waals surface area contributed by atoms with Gasteiger partial charge in [-0.15, -0.1) is 0 Å². The number of likely N-dealkylation sites (tertiary alicyclic amines) is 1. The van der Waals surface area contributed by atoms with Crippen LogP contribution in [0.3, 0.4) is 0 Å². The van der Waals surface area contributed by atoms with Crippen molar-refractivity contribution in [3.63, 3.8) is 0 Å². The lowest BCUT2D eigenvalue weighted by molar-refractivity contribution is 0.0983. The van der Waals surface area contributed by atoms with Crippen molar-refractivity contribution in [1.29, 1.82) is 0 Å². The number of nitrogens with zero attached hydrogens (tertiary/aromatic N) is 4. The summed E-state index contributed by atoms with van der Waals surface area (Å²) in [4.78, 5) is 40.3. The van der Waals surface area contributed by atoms with Crippen LogP contribution in [0.5, 0.6) is 5.75 Å². The molecular formula is C32H39N5O3. The third-order valence-electron chi connectivity index (χ3n) is 8.45. The van der Waals surface area contributed by atoms with E-state index >= 15 is 0 Å². The van der Waals surface area contributed by atoms with Crippen LogP contribution in [-0.4, -0.2) is 50.4 Å². The molecule has 3 aromatic heterocycles. The molecule has 0 saturated carbocycles. The molecule has 0 unspecified atom stereocenters. The number of piperidine rings is 1. The Kier molecular flexibility index (Phi) is 8.17. The number of carbonyl (C=O) groups is 1. The lowest BCUT2D eigenvalue weighted by Gasteiger charge is -2.36. The zero-order chi connectivity index (χ0) is 28.4. The number of aromatic amines is 1. The van der Waals surface area contributed by atoms with Gasteiger partial charge in [-0.25, -0.2) is 9.97 Å². The predicted molar refractivity (Wildman–Crippen MR) is 157 cm³/mol. The Labute approximate surface area is 235 Å². The largest absolute Gasteiger partial charge is 0.496 e. The highest BCUT2D eigenvalue weighted by molar-refractivity contribution is 6.09. The maximum Gasteiger partial charge on any atom is 0.255 e. The molecule has 1 aliphatic heterocycles. The van der Waals surface area contributed by atoms with Crippen LogP contribution < -0.4 is 10.3 Å². The molecule has 0 amide bonds. The summed E-state index contributed by atoms with van der Waals surface area (Å²) in [6.07, 6.45) is 4.41. The lowest BCUT2D eigenvalue weighted by Crippen LogP contribution is -2.36. The molecule has 1 atom stereocenters. The van der Waals surface area contributed by atoms with Crippen LogP contribution in [0.25, 0.3) is 10.9 Å². The minimum atomic E-state index is -0.196. The number of nitrogens with one attached hydrogen (secondary N) is 1. The van der Waals surface area contributed by atoms with E-state index in [1.807, 2.05) is 32.0 Å². The maximum absolute atomic E-state index is 13.7. The zero-order valence-electron chi connectivity index (χ0n) is 24.2. The van der Waals surface area contributed by atoms with Gasteiger partial charge in [0.15, 0.2) is 5.78 Å². The molecule has 1 saturated heterocycles. The number of para-hydroxylation sites is 1. The molecule has 1 N–H and O–H groups in total. The van der Waals surface area contributed by atoms with Gasteiger partial charge in [-0.3, -0.25) is 14.5 Å². The van der Waals surface area contributed by atoms with E-state index in [4.69, 9.17) is 4.74 Å². The Bertz CT molecular complexity index is 1580. The standard InChI is InChI=1S/C32H39N5O3/c1-20-16-25(34-19-33-20)18-36-14-12-24(13-15-36)22(3)37-23(4)31(26-8-6-7-9-28(26)37)29(38)11-10-27-30(40-5)17-21(2)35-32(27)39/h6-9,16-17,19,22,24H,10-15,18H2,1-5H3,(H,35,39)/t22-/m1/s1. The average molecular weight is 542 g/mol. The first kappa shape index (κ1) is 27.8. The summed E-state index contributed by atoms with van der Waals surface area (Å²) in [5.74, 6) is 1.09. The first-order chi connectivity index (χ1) is 19.3. The SMILES string of the molecule is COc1cc(C)[nH]c(=O)c1CCC(=O)c1c(C)n([C@H](C)C2CCN(Cc3cc(C)ncn3)CC2)c2ccccc12. The first-order valence-corrected chi connectivity index (χ1v) is 14.2. The summed E-state index contributed by atoms with van der Waals surface area (Å²) in [5, 5.41) is 0.984. The topological polar surface area (TPSA) is 93.1 Å². The van der Waals surface area contributed by atoms with Gasteiger partial charge in [-0.2, -0.15) is 0 Å². The van der Waals surface area contributed by atoms with E-state index in [1.165, 1.54) is 0 Å². The zero-order valence-corrected chi connectivity index (χ0v) is 24.2. The van der Waals surface area contributed by atoms with Gasteiger partial charge in [0.1, 0.15) is 12.1 Å². The van der Waals surface area contributed by atoms with E-state index < -0.39 is 0 Å². The number of ketones is 1. The average Bonchev–Trinajstić information content (AvgIpc) is 3.23. The monoisotopic (exact) mass is 541 g/mol. The van der Waals surface area contributed by atoms with Crippen LogP contribution in [0.15, 0.2) is 47.5 Å². The molecule has 210 valence electrons. The van der Waals surface area contributed by atoms with Gasteiger partial charge in [0.05, 0.1) is 18.4 Å². The molecule has 1 aromatic carbocycles. The van der Waals surface area contributed by atoms with E-state index in [-0.39, 0.29) is 23.8 Å². The normalized spacial score (nSPS) is 15.4. The summed E-state index contributed by atoms with van der Waals surface area (Å²) in [5.41, 5.74) is 5.99. The Morgan fingerprint density at radius 2 is 1.88 bits per heavy atom. The van der Waals surface area contributed by atoms with Gasteiger partial charge in [0.25, 0.3) is 5.56 Å². The van der Waals surface area contributed by atoms with Crippen molar-refractivity contribution >= 4 is 16.7 Å². The van der Waals surface area contributed by atoms with Crippen molar-refractivity contribution in [2.45, 2.75) is 66.0 Å². The molecule has 4 aromatic rings.